The van der Waals surface area contributed by atoms with Gasteiger partial charge in [-0.25, -0.2) is 0 Å². The second kappa shape index (κ2) is 5.09. The molecule has 0 atom stereocenters. The number of benzene rings is 1. The first-order valence-electron chi connectivity index (χ1n) is 6.20. The monoisotopic (exact) mass is 280 g/mol. The number of ether oxygens (including phenoxy) is 1. The summed E-state index contributed by atoms with van der Waals surface area (Å²) in [6.07, 6.45) is -0.138. The van der Waals surface area contributed by atoms with Crippen LogP contribution in [0.1, 0.15) is 17.5 Å². The molecule has 2 N–H and O–H groups in total. The number of nitro groups is 1. The first-order valence-corrected chi connectivity index (χ1v) is 6.20. The minimum Gasteiger partial charge on any atom is -0.483 e. The predicted octanol–water partition coefficient (Wildman–Crippen LogP) is 1.41. The van der Waals surface area contributed by atoms with Gasteiger partial charge in [-0.3, -0.25) is 14.9 Å². The molecule has 1 aliphatic heterocycles. The Labute approximate surface area is 115 Å². The van der Waals surface area contributed by atoms with Gasteiger partial charge in [-0.05, 0) is 25.5 Å². The van der Waals surface area contributed by atoms with Gasteiger partial charge in [0.15, 0.2) is 0 Å². The average molecular weight is 280 g/mol. The van der Waals surface area contributed by atoms with Crippen LogP contribution in [0.2, 0.25) is 0 Å². The lowest BCUT2D eigenvalue weighted by molar-refractivity contribution is -0.385. The standard InChI is InChI=1S/C13H16N2O5/c1-8-3-9(2)11(4-10(8)15(18)19)20-13(5-12(16)17)6-14-7-13/h3-4,14H,5-7H2,1-2H3,(H,16,17). The summed E-state index contributed by atoms with van der Waals surface area (Å²) in [5.74, 6) is -0.587. The molecule has 0 bridgehead atoms. The van der Waals surface area contributed by atoms with Crippen LogP contribution in [0.4, 0.5) is 5.69 Å². The van der Waals surface area contributed by atoms with Crippen molar-refractivity contribution in [1.82, 2.24) is 5.32 Å². The summed E-state index contributed by atoms with van der Waals surface area (Å²) in [5.41, 5.74) is 0.465. The van der Waals surface area contributed by atoms with Crippen LogP contribution in [0.25, 0.3) is 0 Å². The van der Waals surface area contributed by atoms with Crippen molar-refractivity contribution >= 4 is 11.7 Å². The number of aryl methyl sites for hydroxylation is 2. The number of nitrogens with one attached hydrogen (secondary N) is 1. The number of carboxylic acid groups (broad SMARTS) is 1. The zero-order valence-corrected chi connectivity index (χ0v) is 11.3. The molecule has 0 amide bonds. The van der Waals surface area contributed by atoms with Gasteiger partial charge in [0.25, 0.3) is 5.69 Å². The number of aliphatic carboxylic acids is 1. The smallest absolute Gasteiger partial charge is 0.307 e. The number of nitrogens with zero attached hydrogens (tertiary/aromatic N) is 1. The normalized spacial score (nSPS) is 16.3. The number of carboxylic acids is 1. The zero-order chi connectivity index (χ0) is 14.9. The van der Waals surface area contributed by atoms with Gasteiger partial charge in [0.2, 0.25) is 0 Å². The molecule has 0 radical (unpaired) electrons. The van der Waals surface area contributed by atoms with E-state index in [9.17, 15) is 14.9 Å². The van der Waals surface area contributed by atoms with Crippen LogP contribution in [0, 0.1) is 24.0 Å². The Morgan fingerprint density at radius 1 is 1.45 bits per heavy atom. The highest BCUT2D eigenvalue weighted by Gasteiger charge is 2.42. The number of carbonyl (C=O) groups is 1. The quantitative estimate of drug-likeness (QED) is 0.624. The maximum Gasteiger partial charge on any atom is 0.307 e. The van der Waals surface area contributed by atoms with E-state index in [2.05, 4.69) is 5.32 Å². The van der Waals surface area contributed by atoms with Crippen LogP contribution < -0.4 is 10.1 Å². The van der Waals surface area contributed by atoms with Crippen molar-refractivity contribution in [1.29, 1.82) is 0 Å². The maximum absolute atomic E-state index is 11.0. The second-order valence-corrected chi connectivity index (χ2v) is 5.12. The molecule has 20 heavy (non-hydrogen) atoms. The molecule has 1 fully saturated rings. The Hall–Kier alpha value is -2.15. The van der Waals surface area contributed by atoms with Crippen molar-refractivity contribution in [3.05, 3.63) is 33.4 Å². The van der Waals surface area contributed by atoms with Crippen molar-refractivity contribution < 1.29 is 19.6 Å². The van der Waals surface area contributed by atoms with Gasteiger partial charge in [-0.1, -0.05) is 0 Å². The summed E-state index contributed by atoms with van der Waals surface area (Å²) in [4.78, 5) is 21.4. The molecule has 1 saturated heterocycles. The molecule has 2 rings (SSSR count). The van der Waals surface area contributed by atoms with Crippen molar-refractivity contribution in [2.45, 2.75) is 25.9 Å². The van der Waals surface area contributed by atoms with Crippen molar-refractivity contribution in [2.75, 3.05) is 13.1 Å². The third kappa shape index (κ3) is 2.72. The Bertz CT molecular complexity index is 566. The lowest BCUT2D eigenvalue weighted by Crippen LogP contribution is -2.64. The van der Waals surface area contributed by atoms with E-state index in [1.807, 2.05) is 0 Å². The molecule has 0 saturated carbocycles. The summed E-state index contributed by atoms with van der Waals surface area (Å²) in [6.45, 7) is 4.28. The number of hydrogen-bond donors (Lipinski definition) is 2. The van der Waals surface area contributed by atoms with Crippen LogP contribution in [0.5, 0.6) is 5.75 Å². The first-order chi connectivity index (χ1) is 9.33. The summed E-state index contributed by atoms with van der Waals surface area (Å²) in [6, 6.07) is 3.04. The van der Waals surface area contributed by atoms with E-state index in [0.29, 0.717) is 24.4 Å². The van der Waals surface area contributed by atoms with E-state index in [1.54, 1.807) is 19.9 Å². The van der Waals surface area contributed by atoms with Crippen LogP contribution in [-0.2, 0) is 4.79 Å². The van der Waals surface area contributed by atoms with Crippen LogP contribution >= 0.6 is 0 Å². The van der Waals surface area contributed by atoms with Crippen LogP contribution in [0.15, 0.2) is 12.1 Å². The van der Waals surface area contributed by atoms with Gasteiger partial charge in [0.05, 0.1) is 17.4 Å². The van der Waals surface area contributed by atoms with E-state index < -0.39 is 16.5 Å². The van der Waals surface area contributed by atoms with Gasteiger partial charge in [-0.2, -0.15) is 0 Å². The summed E-state index contributed by atoms with van der Waals surface area (Å²) >= 11 is 0. The molecule has 7 nitrogen and oxygen atoms in total. The molecule has 0 aliphatic carbocycles. The van der Waals surface area contributed by atoms with Crippen molar-refractivity contribution in [2.24, 2.45) is 0 Å². The molecule has 0 unspecified atom stereocenters. The average Bonchev–Trinajstić information content (AvgIpc) is 2.28. The summed E-state index contributed by atoms with van der Waals surface area (Å²) < 4.78 is 5.78. The molecule has 0 spiro atoms. The molecule has 1 aliphatic rings. The van der Waals surface area contributed by atoms with E-state index in [1.165, 1.54) is 6.07 Å². The lowest BCUT2D eigenvalue weighted by atomic mass is 9.92. The SMILES string of the molecule is Cc1cc(C)c([N+](=O)[O-])cc1OC1(CC(=O)O)CNC1. The van der Waals surface area contributed by atoms with Gasteiger partial charge in [0.1, 0.15) is 11.4 Å². The second-order valence-electron chi connectivity index (χ2n) is 5.12. The molecule has 1 aromatic rings. The Kier molecular flexibility index (Phi) is 3.63. The minimum atomic E-state index is -0.953. The molecule has 0 aromatic heterocycles. The van der Waals surface area contributed by atoms with Gasteiger partial charge >= 0.3 is 5.97 Å². The van der Waals surface area contributed by atoms with Gasteiger partial charge < -0.3 is 15.2 Å². The van der Waals surface area contributed by atoms with E-state index in [0.717, 1.165) is 5.56 Å². The summed E-state index contributed by atoms with van der Waals surface area (Å²) in [5, 5.41) is 22.9. The molecule has 108 valence electrons. The third-order valence-corrected chi connectivity index (χ3v) is 3.38. The van der Waals surface area contributed by atoms with Gasteiger partial charge in [0, 0.05) is 18.7 Å². The topological polar surface area (TPSA) is 102 Å². The fourth-order valence-corrected chi connectivity index (χ4v) is 2.27. The van der Waals surface area contributed by atoms with E-state index in [-0.39, 0.29) is 12.1 Å². The predicted molar refractivity (Wildman–Crippen MR) is 71.1 cm³/mol. The molecule has 1 heterocycles. The zero-order valence-electron chi connectivity index (χ0n) is 11.3. The maximum atomic E-state index is 11.0. The van der Waals surface area contributed by atoms with Crippen LogP contribution in [0.3, 0.4) is 0 Å². The number of rotatable bonds is 5. The van der Waals surface area contributed by atoms with Crippen molar-refractivity contribution in [3.8, 4) is 5.75 Å². The Morgan fingerprint density at radius 2 is 2.10 bits per heavy atom. The molecular formula is C13H16N2O5. The van der Waals surface area contributed by atoms with E-state index >= 15 is 0 Å². The molecule has 1 aromatic carbocycles. The Balaban J connectivity index is 2.30. The fourth-order valence-electron chi connectivity index (χ4n) is 2.27. The first kappa shape index (κ1) is 14.3. The number of hydrogen-bond acceptors (Lipinski definition) is 5. The summed E-state index contributed by atoms with van der Waals surface area (Å²) in [7, 11) is 0. The van der Waals surface area contributed by atoms with Gasteiger partial charge in [-0.15, -0.1) is 0 Å². The lowest BCUT2D eigenvalue weighted by Gasteiger charge is -2.41. The van der Waals surface area contributed by atoms with Crippen molar-refractivity contribution in [3.63, 3.8) is 0 Å². The number of nitro benzene ring substituents is 1. The third-order valence-electron chi connectivity index (χ3n) is 3.38. The highest BCUT2D eigenvalue weighted by atomic mass is 16.6. The Morgan fingerprint density at radius 3 is 2.55 bits per heavy atom. The highest BCUT2D eigenvalue weighted by Crippen LogP contribution is 2.32. The largest absolute Gasteiger partial charge is 0.483 e. The minimum absolute atomic E-state index is 0.0247. The highest BCUT2D eigenvalue weighted by molar-refractivity contribution is 5.68. The fraction of sp³-hybridized carbons (Fsp3) is 0.462. The molecule has 7 heteroatoms. The molecular weight excluding hydrogens is 264 g/mol. The van der Waals surface area contributed by atoms with Crippen LogP contribution in [-0.4, -0.2) is 34.7 Å². The van der Waals surface area contributed by atoms with E-state index in [4.69, 9.17) is 9.84 Å².